The molecule has 1 aromatic rings. The Morgan fingerprint density at radius 1 is 1.31 bits per heavy atom. The van der Waals surface area contributed by atoms with Crippen LogP contribution in [0.3, 0.4) is 0 Å². The quantitative estimate of drug-likeness (QED) is 0.676. The van der Waals surface area contributed by atoms with Crippen molar-refractivity contribution in [3.63, 3.8) is 0 Å². The summed E-state index contributed by atoms with van der Waals surface area (Å²) in [4.78, 5) is 11.1. The minimum atomic E-state index is -0.504. The Morgan fingerprint density at radius 2 is 1.92 bits per heavy atom. The van der Waals surface area contributed by atoms with Gasteiger partial charge in [-0.15, -0.1) is 11.6 Å². The molecule has 0 aliphatic heterocycles. The summed E-state index contributed by atoms with van der Waals surface area (Å²) in [7, 11) is 0. The molecule has 1 aliphatic rings. The van der Waals surface area contributed by atoms with Crippen molar-refractivity contribution in [2.45, 2.75) is 24.1 Å². The molecule has 13 heavy (non-hydrogen) atoms. The molecule has 2 rings (SSSR count). The number of benzene rings is 1. The first-order chi connectivity index (χ1) is 6.21. The first kappa shape index (κ1) is 8.76. The van der Waals surface area contributed by atoms with Gasteiger partial charge >= 0.3 is 0 Å². The van der Waals surface area contributed by atoms with Crippen LogP contribution in [0.25, 0.3) is 0 Å². The SMILES string of the molecule is O=C(Cc1ccccc1)C1(Cl)CC1. The van der Waals surface area contributed by atoms with Gasteiger partial charge in [0.25, 0.3) is 0 Å². The summed E-state index contributed by atoms with van der Waals surface area (Å²) in [5.74, 6) is 0.167. The second-order valence-electron chi connectivity index (χ2n) is 3.55. The topological polar surface area (TPSA) is 17.1 Å². The highest BCUT2D eigenvalue weighted by molar-refractivity contribution is 6.37. The maximum atomic E-state index is 11.6. The Hall–Kier alpha value is -0.820. The predicted molar refractivity (Wildman–Crippen MR) is 53.0 cm³/mol. The van der Waals surface area contributed by atoms with Crippen molar-refractivity contribution >= 4 is 17.4 Å². The predicted octanol–water partition coefficient (Wildman–Crippen LogP) is 2.57. The fourth-order valence-corrected chi connectivity index (χ4v) is 1.49. The molecule has 1 nitrogen and oxygen atoms in total. The van der Waals surface area contributed by atoms with Crippen LogP contribution in [-0.4, -0.2) is 10.7 Å². The number of carbonyl (C=O) groups is 1. The van der Waals surface area contributed by atoms with Crippen molar-refractivity contribution in [1.29, 1.82) is 0 Å². The first-order valence-corrected chi connectivity index (χ1v) is 4.85. The summed E-state index contributed by atoms with van der Waals surface area (Å²) in [5, 5.41) is 0. The molecule has 1 fully saturated rings. The van der Waals surface area contributed by atoms with Gasteiger partial charge in [-0.1, -0.05) is 30.3 Å². The lowest BCUT2D eigenvalue weighted by atomic mass is 10.1. The zero-order valence-electron chi connectivity index (χ0n) is 7.29. The fraction of sp³-hybridized carbons (Fsp3) is 0.364. The van der Waals surface area contributed by atoms with Gasteiger partial charge in [-0.05, 0) is 18.4 Å². The molecular formula is C11H11ClO. The minimum absolute atomic E-state index is 0.167. The Morgan fingerprint density at radius 3 is 2.46 bits per heavy atom. The number of rotatable bonds is 3. The normalized spacial score (nSPS) is 18.2. The van der Waals surface area contributed by atoms with Gasteiger partial charge in [0, 0.05) is 6.42 Å². The van der Waals surface area contributed by atoms with Crippen molar-refractivity contribution < 1.29 is 4.79 Å². The van der Waals surface area contributed by atoms with E-state index >= 15 is 0 Å². The van der Waals surface area contributed by atoms with Crippen LogP contribution >= 0.6 is 11.6 Å². The number of ketones is 1. The van der Waals surface area contributed by atoms with Gasteiger partial charge in [0.2, 0.25) is 0 Å². The van der Waals surface area contributed by atoms with Crippen LogP contribution in [0.2, 0.25) is 0 Å². The van der Waals surface area contributed by atoms with Gasteiger partial charge in [-0.25, -0.2) is 0 Å². The van der Waals surface area contributed by atoms with Crippen LogP contribution in [0.4, 0.5) is 0 Å². The summed E-state index contributed by atoms with van der Waals surface area (Å²) in [6.45, 7) is 0. The van der Waals surface area contributed by atoms with Gasteiger partial charge in [0.05, 0.1) is 0 Å². The van der Waals surface area contributed by atoms with E-state index in [1.165, 1.54) is 0 Å². The van der Waals surface area contributed by atoms with Gasteiger partial charge in [-0.3, -0.25) is 4.79 Å². The lowest BCUT2D eigenvalue weighted by molar-refractivity contribution is -0.118. The third-order valence-corrected chi connectivity index (χ3v) is 2.98. The number of halogens is 1. The lowest BCUT2D eigenvalue weighted by Gasteiger charge is -2.04. The first-order valence-electron chi connectivity index (χ1n) is 4.47. The maximum absolute atomic E-state index is 11.6. The summed E-state index contributed by atoms with van der Waals surface area (Å²) in [6.07, 6.45) is 2.17. The molecule has 0 amide bonds. The van der Waals surface area contributed by atoms with Crippen LogP contribution in [0.5, 0.6) is 0 Å². The van der Waals surface area contributed by atoms with Crippen molar-refractivity contribution in [3.05, 3.63) is 35.9 Å². The van der Waals surface area contributed by atoms with Crippen molar-refractivity contribution in [2.24, 2.45) is 0 Å². The molecule has 0 heterocycles. The second kappa shape index (κ2) is 3.15. The molecule has 0 radical (unpaired) electrons. The molecule has 68 valence electrons. The molecule has 0 bridgehead atoms. The third kappa shape index (κ3) is 1.92. The Kier molecular flexibility index (Phi) is 2.12. The number of Topliss-reactive ketones (excluding diaryl/α,β-unsaturated/α-hetero) is 1. The molecule has 1 saturated carbocycles. The molecule has 0 spiro atoms. The zero-order valence-corrected chi connectivity index (χ0v) is 8.05. The highest BCUT2D eigenvalue weighted by Crippen LogP contribution is 2.43. The van der Waals surface area contributed by atoms with E-state index in [0.717, 1.165) is 18.4 Å². The van der Waals surface area contributed by atoms with Gasteiger partial charge in [0.1, 0.15) is 4.87 Å². The largest absolute Gasteiger partial charge is 0.297 e. The van der Waals surface area contributed by atoms with E-state index < -0.39 is 4.87 Å². The molecule has 2 heteroatoms. The van der Waals surface area contributed by atoms with E-state index in [0.29, 0.717) is 6.42 Å². The van der Waals surface area contributed by atoms with E-state index in [4.69, 9.17) is 11.6 Å². The molecule has 1 aromatic carbocycles. The van der Waals surface area contributed by atoms with Crippen LogP contribution in [0.1, 0.15) is 18.4 Å². The van der Waals surface area contributed by atoms with E-state index in [1.807, 2.05) is 30.3 Å². The standard InChI is InChI=1S/C11H11ClO/c12-11(6-7-11)10(13)8-9-4-2-1-3-5-9/h1-5H,6-8H2. The Bertz CT molecular complexity index is 314. The number of hydrogen-bond donors (Lipinski definition) is 0. The number of hydrogen-bond acceptors (Lipinski definition) is 1. The van der Waals surface area contributed by atoms with E-state index in [9.17, 15) is 4.79 Å². The molecule has 0 unspecified atom stereocenters. The van der Waals surface area contributed by atoms with Crippen LogP contribution in [-0.2, 0) is 11.2 Å². The highest BCUT2D eigenvalue weighted by Gasteiger charge is 2.47. The fourth-order valence-electron chi connectivity index (χ4n) is 1.33. The van der Waals surface area contributed by atoms with Crippen molar-refractivity contribution in [3.8, 4) is 0 Å². The van der Waals surface area contributed by atoms with Gasteiger partial charge < -0.3 is 0 Å². The monoisotopic (exact) mass is 194 g/mol. The zero-order chi connectivity index (χ0) is 9.31. The Balaban J connectivity index is 2.03. The lowest BCUT2D eigenvalue weighted by Crippen LogP contribution is -2.17. The van der Waals surface area contributed by atoms with E-state index in [-0.39, 0.29) is 5.78 Å². The van der Waals surface area contributed by atoms with Gasteiger partial charge in [-0.2, -0.15) is 0 Å². The molecule has 0 N–H and O–H groups in total. The maximum Gasteiger partial charge on any atom is 0.158 e. The average Bonchev–Trinajstić information content (AvgIpc) is 2.87. The second-order valence-corrected chi connectivity index (χ2v) is 4.27. The van der Waals surface area contributed by atoms with Crippen LogP contribution in [0, 0.1) is 0 Å². The molecule has 0 aromatic heterocycles. The smallest absolute Gasteiger partial charge is 0.158 e. The molecule has 0 atom stereocenters. The van der Waals surface area contributed by atoms with Crippen molar-refractivity contribution in [2.75, 3.05) is 0 Å². The summed E-state index contributed by atoms with van der Waals surface area (Å²) >= 11 is 6.00. The molecule has 0 saturated heterocycles. The van der Waals surface area contributed by atoms with Gasteiger partial charge in [0.15, 0.2) is 5.78 Å². The number of alkyl halides is 1. The Labute approximate surface area is 82.7 Å². The van der Waals surface area contributed by atoms with Crippen LogP contribution < -0.4 is 0 Å². The van der Waals surface area contributed by atoms with E-state index in [1.54, 1.807) is 0 Å². The summed E-state index contributed by atoms with van der Waals surface area (Å²) in [6, 6.07) is 9.75. The molecular weight excluding hydrogens is 184 g/mol. The summed E-state index contributed by atoms with van der Waals surface area (Å²) in [5.41, 5.74) is 1.06. The van der Waals surface area contributed by atoms with E-state index in [2.05, 4.69) is 0 Å². The number of carbonyl (C=O) groups excluding carboxylic acids is 1. The summed E-state index contributed by atoms with van der Waals surface area (Å²) < 4.78 is 0. The highest BCUT2D eigenvalue weighted by atomic mass is 35.5. The molecule has 1 aliphatic carbocycles. The van der Waals surface area contributed by atoms with Crippen molar-refractivity contribution in [1.82, 2.24) is 0 Å². The minimum Gasteiger partial charge on any atom is -0.297 e. The van der Waals surface area contributed by atoms with Crippen LogP contribution in [0.15, 0.2) is 30.3 Å². The third-order valence-electron chi connectivity index (χ3n) is 2.40. The average molecular weight is 195 g/mol.